The van der Waals surface area contributed by atoms with E-state index in [9.17, 15) is 0 Å². The average Bonchev–Trinajstić information content (AvgIpc) is 3.47. The van der Waals surface area contributed by atoms with Gasteiger partial charge in [0.25, 0.3) is 0 Å². The third-order valence-electron chi connectivity index (χ3n) is 7.62. The normalized spacial score (nSPS) is 13.8. The van der Waals surface area contributed by atoms with Crippen LogP contribution >= 0.6 is 0 Å². The number of hydrogen-bond donors (Lipinski definition) is 0. The quantitative estimate of drug-likeness (QED) is 0.202. The summed E-state index contributed by atoms with van der Waals surface area (Å²) in [4.78, 5) is 0. The van der Waals surface area contributed by atoms with Gasteiger partial charge in [-0.25, -0.2) is 0 Å². The molecule has 0 amide bonds. The maximum absolute atomic E-state index is 2.48. The molecule has 40 heavy (non-hydrogen) atoms. The third-order valence-corrected chi connectivity index (χ3v) is 9.69. The van der Waals surface area contributed by atoms with E-state index in [2.05, 4.69) is 137 Å². The van der Waals surface area contributed by atoms with Gasteiger partial charge < -0.3 is 24.8 Å². The molecule has 6 rings (SSSR count). The van der Waals surface area contributed by atoms with Crippen LogP contribution in [0.2, 0.25) is 32.7 Å². The first-order valence-electron chi connectivity index (χ1n) is 13.5. The van der Waals surface area contributed by atoms with Gasteiger partial charge in [0.15, 0.2) is 0 Å². The Hall–Kier alpha value is -1.61. The molecule has 0 aliphatic heterocycles. The monoisotopic (exact) mass is 673 g/mol. The van der Waals surface area contributed by atoms with Gasteiger partial charge in [0.05, 0.1) is 8.07 Å². The fourth-order valence-corrected chi connectivity index (χ4v) is 6.96. The minimum absolute atomic E-state index is 0. The molecule has 5 heteroatoms. The topological polar surface area (TPSA) is 0 Å². The van der Waals surface area contributed by atoms with Crippen molar-refractivity contribution in [3.8, 4) is 11.1 Å². The first-order chi connectivity index (χ1) is 17.9. The van der Waals surface area contributed by atoms with Crippen LogP contribution in [-0.4, -0.2) is 17.6 Å². The Balaban J connectivity index is 0.000000896. The summed E-state index contributed by atoms with van der Waals surface area (Å²) in [6.45, 7) is 13.8. The molecule has 5 aromatic carbocycles. The average molecular weight is 676 g/mol. The van der Waals surface area contributed by atoms with Crippen LogP contribution in [0, 0.1) is 0 Å². The van der Waals surface area contributed by atoms with Crippen molar-refractivity contribution in [1.82, 2.24) is 0 Å². The van der Waals surface area contributed by atoms with Crippen LogP contribution < -0.4 is 30.0 Å². The van der Waals surface area contributed by atoms with E-state index in [0.717, 1.165) is 15.9 Å². The van der Waals surface area contributed by atoms with Gasteiger partial charge in [0, 0.05) is 15.4 Å². The maximum atomic E-state index is 2.48. The van der Waals surface area contributed by atoms with E-state index in [0.29, 0.717) is 5.92 Å². The molecule has 5 aromatic rings. The summed E-state index contributed by atoms with van der Waals surface area (Å²) in [5.74, 6) is 0.321. The Morgan fingerprint density at radius 3 is 2.00 bits per heavy atom. The summed E-state index contributed by atoms with van der Waals surface area (Å²) < 4.78 is 0. The van der Waals surface area contributed by atoms with Crippen LogP contribution in [0.5, 0.6) is 0 Å². The molecule has 0 spiro atoms. The smallest absolute Gasteiger partial charge is 1.00 e. The molecular formula is C35H37Cl2Si2Zr. The van der Waals surface area contributed by atoms with Gasteiger partial charge in [0.1, 0.15) is 0 Å². The van der Waals surface area contributed by atoms with E-state index in [1.165, 1.54) is 60.1 Å². The van der Waals surface area contributed by atoms with Gasteiger partial charge in [-0.3, -0.25) is 0 Å². The van der Waals surface area contributed by atoms with Crippen LogP contribution in [0.3, 0.4) is 0 Å². The van der Waals surface area contributed by atoms with E-state index in [4.69, 9.17) is 0 Å². The molecule has 0 N–H and O–H groups in total. The molecule has 0 saturated carbocycles. The molecule has 0 saturated heterocycles. The Bertz CT molecular complexity index is 1590. The largest absolute Gasteiger partial charge is 3.00 e. The zero-order valence-electron chi connectivity index (χ0n) is 24.3. The number of benzene rings is 4. The fraction of sp³-hybridized carbons (Fsp3) is 0.229. The molecule has 0 bridgehead atoms. The predicted octanol–water partition coefficient (Wildman–Crippen LogP) is 3.66. The van der Waals surface area contributed by atoms with Crippen LogP contribution in [0.4, 0.5) is 0 Å². The van der Waals surface area contributed by atoms with Crippen molar-refractivity contribution in [3.63, 3.8) is 0 Å². The molecule has 1 aliphatic rings. The molecule has 0 nitrogen and oxygen atoms in total. The second kappa shape index (κ2) is 14.5. The molecule has 203 valence electrons. The van der Waals surface area contributed by atoms with Crippen LogP contribution in [-0.2, 0) is 26.2 Å². The second-order valence-electron chi connectivity index (χ2n) is 11.2. The number of allylic oxidation sites excluding steroid dienone is 1. The van der Waals surface area contributed by atoms with Gasteiger partial charge >= 0.3 is 26.2 Å². The number of rotatable bonds is 4. The zero-order chi connectivity index (χ0) is 26.2. The van der Waals surface area contributed by atoms with E-state index < -0.39 is 8.07 Å². The molecule has 1 unspecified atom stereocenters. The molecule has 3 radical (unpaired) electrons. The van der Waals surface area contributed by atoms with E-state index in [1.54, 1.807) is 0 Å². The Labute approximate surface area is 275 Å². The fourth-order valence-electron chi connectivity index (χ4n) is 5.79. The van der Waals surface area contributed by atoms with Crippen molar-refractivity contribution in [2.75, 3.05) is 0 Å². The van der Waals surface area contributed by atoms with Crippen molar-refractivity contribution in [2.45, 2.75) is 52.0 Å². The van der Waals surface area contributed by atoms with Crippen molar-refractivity contribution in [2.24, 2.45) is 0 Å². The Morgan fingerprint density at radius 2 is 1.35 bits per heavy atom. The first kappa shape index (κ1) is 34.6. The second-order valence-corrected chi connectivity index (χ2v) is 17.3. The summed E-state index contributed by atoms with van der Waals surface area (Å²) in [7, 11) is -0.219. The van der Waals surface area contributed by atoms with Crippen LogP contribution in [0.1, 0.15) is 36.0 Å². The van der Waals surface area contributed by atoms with Crippen molar-refractivity contribution in [1.29, 1.82) is 0 Å². The molecule has 0 aromatic heterocycles. The summed E-state index contributed by atoms with van der Waals surface area (Å²) in [6, 6.07) is 34.3. The van der Waals surface area contributed by atoms with E-state index >= 15 is 0 Å². The summed E-state index contributed by atoms with van der Waals surface area (Å²) >= 11 is 0. The SMILES string of the molecule is CCC1=Cc2c(-c3ccc([Si](C)(C)C)cc3)cccc2C1c1cccc2c1[cH-]c1ccccc12.C[Si]C.[Cl-].[Cl-].[Zr+3]. The number of halogens is 2. The molecule has 0 fully saturated rings. The van der Waals surface area contributed by atoms with Gasteiger partial charge in [-0.2, -0.15) is 0 Å². The van der Waals surface area contributed by atoms with Crippen molar-refractivity contribution < 1.29 is 51.0 Å². The van der Waals surface area contributed by atoms with Gasteiger partial charge in [-0.1, -0.05) is 141 Å². The zero-order valence-corrected chi connectivity index (χ0v) is 30.2. The minimum atomic E-state index is -1.30. The number of fused-ring (bicyclic) bond motifs is 4. The minimum Gasteiger partial charge on any atom is -1.00 e. The number of hydrogen-bond acceptors (Lipinski definition) is 0. The standard InChI is InChI=1S/C33H31Si.C2H6Si.2ClH.Zr/c1-5-22-20-31-26(23-16-18-25(19-17-23)34(2,3)4)12-8-14-29(31)33(22)30-15-9-13-28-27-11-7-6-10-24(27)21-32(28)30;1-3-2;;;/h6-21,33H,5H2,1-4H3;1-2H3;2*1H;/q-1;;;;+3/p-2. The maximum Gasteiger partial charge on any atom is 3.00 e. The summed E-state index contributed by atoms with van der Waals surface area (Å²) in [5.41, 5.74) is 8.47. The Morgan fingerprint density at radius 1 is 0.750 bits per heavy atom. The van der Waals surface area contributed by atoms with Crippen molar-refractivity contribution >= 4 is 50.4 Å². The third kappa shape index (κ3) is 6.55. The van der Waals surface area contributed by atoms with Crippen LogP contribution in [0.25, 0.3) is 38.7 Å². The van der Waals surface area contributed by atoms with E-state index in [-0.39, 0.29) is 51.0 Å². The molecule has 1 atom stereocenters. The van der Waals surface area contributed by atoms with Crippen molar-refractivity contribution in [3.05, 3.63) is 113 Å². The van der Waals surface area contributed by atoms with Crippen LogP contribution in [0.15, 0.2) is 96.6 Å². The summed E-state index contributed by atoms with van der Waals surface area (Å²) in [5, 5.41) is 6.97. The molecular weight excluding hydrogens is 639 g/mol. The van der Waals surface area contributed by atoms with Gasteiger partial charge in [0.2, 0.25) is 0 Å². The van der Waals surface area contributed by atoms with Gasteiger partial charge in [-0.05, 0) is 28.7 Å². The first-order valence-corrected chi connectivity index (χ1v) is 19.0. The predicted molar refractivity (Wildman–Crippen MR) is 169 cm³/mol. The van der Waals surface area contributed by atoms with E-state index in [1.807, 2.05) is 0 Å². The Kier molecular flexibility index (Phi) is 12.6. The van der Waals surface area contributed by atoms with Gasteiger partial charge in [-0.15, -0.1) is 33.7 Å². The summed E-state index contributed by atoms with van der Waals surface area (Å²) in [6.07, 6.45) is 3.53. The molecule has 1 aliphatic carbocycles. The molecule has 0 heterocycles.